The van der Waals surface area contributed by atoms with Crippen LogP contribution in [0.15, 0.2) is 30.5 Å². The molecule has 1 saturated heterocycles. The van der Waals surface area contributed by atoms with Crippen molar-refractivity contribution in [2.75, 3.05) is 19.7 Å². The van der Waals surface area contributed by atoms with Crippen LogP contribution in [0, 0.1) is 12.7 Å². The van der Waals surface area contributed by atoms with Crippen molar-refractivity contribution in [2.24, 2.45) is 0 Å². The average Bonchev–Trinajstić information content (AvgIpc) is 3.54. The molecular weight excluding hydrogens is 619 g/mol. The lowest BCUT2D eigenvalue weighted by molar-refractivity contribution is -0.182. The number of benzene rings is 1. The predicted molar refractivity (Wildman–Crippen MR) is 147 cm³/mol. The van der Waals surface area contributed by atoms with Crippen LogP contribution in [0.25, 0.3) is 5.69 Å². The van der Waals surface area contributed by atoms with E-state index in [-0.39, 0.29) is 17.9 Å². The molecule has 2 atom stereocenters. The summed E-state index contributed by atoms with van der Waals surface area (Å²) < 4.78 is 50.7. The molecule has 0 bridgehead atoms. The van der Waals surface area contributed by atoms with Gasteiger partial charge in [-0.25, -0.2) is 18.7 Å². The van der Waals surface area contributed by atoms with Gasteiger partial charge in [0.25, 0.3) is 5.92 Å². The highest BCUT2D eigenvalue weighted by atomic mass is 35.5. The molecule has 1 fully saturated rings. The summed E-state index contributed by atoms with van der Waals surface area (Å²) in [5.41, 5.74) is 1.68. The number of thiophene rings is 1. The van der Waals surface area contributed by atoms with Gasteiger partial charge in [-0.2, -0.15) is 13.9 Å². The van der Waals surface area contributed by atoms with Gasteiger partial charge in [0.1, 0.15) is 23.7 Å². The Hall–Kier alpha value is -3.05. The van der Waals surface area contributed by atoms with E-state index < -0.39 is 48.1 Å². The number of nitrogens with zero attached hydrogens (tertiary/aromatic N) is 3. The van der Waals surface area contributed by atoms with Gasteiger partial charge >= 0.3 is 11.9 Å². The van der Waals surface area contributed by atoms with Crippen molar-refractivity contribution >= 4 is 34.9 Å². The predicted octanol–water partition coefficient (Wildman–Crippen LogP) is 3.02. The molecule has 4 heterocycles. The van der Waals surface area contributed by atoms with E-state index in [4.69, 9.17) is 36.8 Å². The molecule has 2 unspecified atom stereocenters. The number of hydrogen-bond acceptors (Lipinski definition) is 9. The van der Waals surface area contributed by atoms with Gasteiger partial charge in [0.2, 0.25) is 0 Å². The maximum absolute atomic E-state index is 14.4. The molecule has 16 heteroatoms. The van der Waals surface area contributed by atoms with Crippen LogP contribution < -0.4 is 0 Å². The first kappa shape index (κ1) is 32.9. The Morgan fingerprint density at radius 2 is 1.77 bits per heavy atom. The Morgan fingerprint density at radius 3 is 2.35 bits per heavy atom. The first-order chi connectivity index (χ1) is 20.2. The number of aliphatic hydroxyl groups is 3. The van der Waals surface area contributed by atoms with Crippen LogP contribution in [-0.2, 0) is 39.0 Å². The number of fused-ring (bicyclic) bond motifs is 2. The zero-order valence-electron chi connectivity index (χ0n) is 22.7. The van der Waals surface area contributed by atoms with Crippen molar-refractivity contribution in [3.63, 3.8) is 0 Å². The number of piperidine rings is 1. The Bertz CT molecular complexity index is 1470. The van der Waals surface area contributed by atoms with E-state index in [0.717, 1.165) is 11.3 Å². The number of aliphatic carboxylic acids is 2. The summed E-state index contributed by atoms with van der Waals surface area (Å²) in [5, 5.41) is 46.6. The number of halogens is 4. The lowest BCUT2D eigenvalue weighted by Crippen LogP contribution is -2.48. The van der Waals surface area contributed by atoms with Crippen molar-refractivity contribution in [2.45, 2.75) is 56.6 Å². The van der Waals surface area contributed by atoms with E-state index in [0.29, 0.717) is 47.3 Å². The molecule has 2 aliphatic rings. The maximum atomic E-state index is 14.4. The van der Waals surface area contributed by atoms with E-state index in [9.17, 15) is 27.9 Å². The molecule has 1 spiro atoms. The van der Waals surface area contributed by atoms with Gasteiger partial charge in [-0.1, -0.05) is 23.7 Å². The third-order valence-corrected chi connectivity index (χ3v) is 8.82. The van der Waals surface area contributed by atoms with Crippen LogP contribution in [0.3, 0.4) is 0 Å². The number of alkyl halides is 2. The summed E-state index contributed by atoms with van der Waals surface area (Å²) in [6, 6.07) is 5.94. The van der Waals surface area contributed by atoms with E-state index in [1.807, 2.05) is 6.92 Å². The minimum Gasteiger partial charge on any atom is -0.479 e. The van der Waals surface area contributed by atoms with Gasteiger partial charge in [0.05, 0.1) is 16.6 Å². The fraction of sp³-hybridized carbons (Fsp3) is 0.444. The molecular formula is C27H29ClF3N3O8S. The van der Waals surface area contributed by atoms with Crippen molar-refractivity contribution in [3.8, 4) is 5.69 Å². The first-order valence-corrected chi connectivity index (χ1v) is 14.2. The minimum atomic E-state index is -3.02. The normalized spacial score (nSPS) is 18.8. The van der Waals surface area contributed by atoms with Gasteiger partial charge in [-0.15, -0.1) is 11.3 Å². The van der Waals surface area contributed by atoms with Crippen LogP contribution in [0.1, 0.15) is 40.1 Å². The number of likely N-dealkylation sites (tertiary alicyclic amines) is 1. The van der Waals surface area contributed by atoms with Crippen molar-refractivity contribution in [1.29, 1.82) is 0 Å². The van der Waals surface area contributed by atoms with E-state index >= 15 is 0 Å². The lowest BCUT2D eigenvalue weighted by atomic mass is 9.84. The molecule has 2 aliphatic heterocycles. The number of ether oxygens (including phenoxy) is 1. The summed E-state index contributed by atoms with van der Waals surface area (Å²) in [6.07, 6.45) is -1.58. The number of aliphatic hydroxyl groups excluding tert-OH is 3. The minimum absolute atomic E-state index is 0.00102. The van der Waals surface area contributed by atoms with Gasteiger partial charge < -0.3 is 30.3 Å². The average molecular weight is 648 g/mol. The van der Waals surface area contributed by atoms with Gasteiger partial charge in [-0.05, 0) is 31.9 Å². The van der Waals surface area contributed by atoms with Crippen LogP contribution >= 0.6 is 22.9 Å². The SMILES string of the molecule is Cc1nn(-c2c(F)cccc2CO)cc1CN1CCC2(CC1)OCC(F)(F)c1cc(Cl)sc12.O=C(O)C(O)C(O)C(=O)O. The summed E-state index contributed by atoms with van der Waals surface area (Å²) in [5.74, 6) is -7.01. The number of carboxylic acid groups (broad SMARTS) is 2. The second-order valence-electron chi connectivity index (χ2n) is 10.2. The van der Waals surface area contributed by atoms with Crippen molar-refractivity contribution < 1.29 is 53.0 Å². The third-order valence-electron chi connectivity index (χ3n) is 7.37. The second kappa shape index (κ2) is 12.9. The number of aryl methyl sites for hydroxylation is 1. The largest absolute Gasteiger partial charge is 0.479 e. The number of aromatic nitrogens is 2. The van der Waals surface area contributed by atoms with E-state index in [2.05, 4.69) is 10.00 Å². The molecule has 3 aromatic rings. The highest BCUT2D eigenvalue weighted by molar-refractivity contribution is 7.16. The molecule has 0 radical (unpaired) electrons. The van der Waals surface area contributed by atoms with E-state index in [1.165, 1.54) is 28.2 Å². The van der Waals surface area contributed by atoms with Crippen molar-refractivity contribution in [3.05, 3.63) is 67.9 Å². The summed E-state index contributed by atoms with van der Waals surface area (Å²) in [4.78, 5) is 22.3. The summed E-state index contributed by atoms with van der Waals surface area (Å²) >= 11 is 7.27. The molecule has 43 heavy (non-hydrogen) atoms. The maximum Gasteiger partial charge on any atom is 0.335 e. The number of para-hydroxylation sites is 1. The molecule has 1 aromatic carbocycles. The molecule has 5 N–H and O–H groups in total. The molecule has 5 rings (SSSR count). The first-order valence-electron chi connectivity index (χ1n) is 13.0. The topological polar surface area (TPSA) is 166 Å². The Balaban J connectivity index is 0.000000365. The smallest absolute Gasteiger partial charge is 0.335 e. The molecule has 11 nitrogen and oxygen atoms in total. The van der Waals surface area contributed by atoms with Gasteiger partial charge in [0.15, 0.2) is 12.2 Å². The Morgan fingerprint density at radius 1 is 1.14 bits per heavy atom. The number of carboxylic acids is 2. The summed E-state index contributed by atoms with van der Waals surface area (Å²) in [6.45, 7) is 2.86. The second-order valence-corrected chi connectivity index (χ2v) is 11.9. The van der Waals surface area contributed by atoms with Crippen LogP contribution in [-0.4, -0.2) is 84.1 Å². The highest BCUT2D eigenvalue weighted by Crippen LogP contribution is 2.52. The summed E-state index contributed by atoms with van der Waals surface area (Å²) in [7, 11) is 0. The van der Waals surface area contributed by atoms with Crippen LogP contribution in [0.2, 0.25) is 4.34 Å². The lowest BCUT2D eigenvalue weighted by Gasteiger charge is -2.45. The number of rotatable bonds is 7. The standard InChI is InChI=1S/C23H23ClF3N3O2S.C4H6O6/c1-14-16(11-30(28-14)20-15(12-31)3-2-4-18(20)25)10-29-7-5-22(6-8-29)21-17(9-19(24)33-21)23(26,27)13-32-22;5-1(3(7)8)2(6)4(9)10/h2-4,9,11,31H,5-8,10,12-13H2,1H3;1-2,5-6H,(H,7,8)(H,9,10). The Kier molecular flexibility index (Phi) is 9.85. The fourth-order valence-electron chi connectivity index (χ4n) is 5.01. The van der Waals surface area contributed by atoms with Crippen LogP contribution in [0.4, 0.5) is 13.2 Å². The number of carbonyl (C=O) groups is 2. The monoisotopic (exact) mass is 647 g/mol. The van der Waals surface area contributed by atoms with Gasteiger partial charge in [-0.3, -0.25) is 4.90 Å². The molecule has 2 aromatic heterocycles. The molecule has 0 saturated carbocycles. The molecule has 234 valence electrons. The number of hydrogen-bond donors (Lipinski definition) is 5. The fourth-order valence-corrected chi connectivity index (χ4v) is 6.49. The molecule has 0 aliphatic carbocycles. The third kappa shape index (κ3) is 6.87. The van der Waals surface area contributed by atoms with Crippen LogP contribution in [0.5, 0.6) is 0 Å². The molecule has 0 amide bonds. The van der Waals surface area contributed by atoms with Gasteiger partial charge in [0, 0.05) is 47.4 Å². The zero-order valence-corrected chi connectivity index (χ0v) is 24.3. The Labute approximate surface area is 252 Å². The van der Waals surface area contributed by atoms with Crippen molar-refractivity contribution in [1.82, 2.24) is 14.7 Å². The highest BCUT2D eigenvalue weighted by Gasteiger charge is 2.51. The van der Waals surface area contributed by atoms with E-state index in [1.54, 1.807) is 18.3 Å². The zero-order chi connectivity index (χ0) is 31.7. The quantitative estimate of drug-likeness (QED) is 0.257.